The molecule has 154 valence electrons. The Kier molecular flexibility index (Phi) is 5.02. The molecule has 6 nitrogen and oxygen atoms in total. The summed E-state index contributed by atoms with van der Waals surface area (Å²) in [6.07, 6.45) is 0. The first-order valence-corrected chi connectivity index (χ1v) is 11.7. The molecule has 2 aromatic rings. The number of anilines is 1. The molecule has 0 spiro atoms. The predicted molar refractivity (Wildman–Crippen MR) is 113 cm³/mol. The summed E-state index contributed by atoms with van der Waals surface area (Å²) in [6, 6.07) is 12.6. The van der Waals surface area contributed by atoms with Crippen molar-refractivity contribution in [3.8, 4) is 5.75 Å². The van der Waals surface area contributed by atoms with Crippen LogP contribution in [0.2, 0.25) is 0 Å². The Morgan fingerprint density at radius 1 is 1.03 bits per heavy atom. The summed E-state index contributed by atoms with van der Waals surface area (Å²) >= 11 is 0. The summed E-state index contributed by atoms with van der Waals surface area (Å²) in [4.78, 5) is 16.7. The van der Waals surface area contributed by atoms with Gasteiger partial charge in [-0.05, 0) is 56.2 Å². The Balaban J connectivity index is 1.68. The van der Waals surface area contributed by atoms with E-state index in [0.717, 1.165) is 22.4 Å². The van der Waals surface area contributed by atoms with Crippen molar-refractivity contribution in [2.75, 3.05) is 23.0 Å². The van der Waals surface area contributed by atoms with Crippen molar-refractivity contribution < 1.29 is 17.9 Å². The predicted octanol–water partition coefficient (Wildman–Crippen LogP) is 3.31. The second-order valence-electron chi connectivity index (χ2n) is 7.85. The van der Waals surface area contributed by atoms with Crippen LogP contribution in [0.25, 0.3) is 0 Å². The molecule has 2 atom stereocenters. The lowest BCUT2D eigenvalue weighted by Crippen LogP contribution is -2.37. The number of benzene rings is 2. The fraction of sp³-hybridized carbons (Fsp3) is 0.409. The normalized spacial score (nSPS) is 22.8. The monoisotopic (exact) mass is 414 g/mol. The van der Waals surface area contributed by atoms with Crippen LogP contribution in [-0.2, 0) is 16.4 Å². The number of rotatable bonds is 5. The summed E-state index contributed by atoms with van der Waals surface area (Å²) in [5.41, 5.74) is 3.97. The van der Waals surface area contributed by atoms with Gasteiger partial charge in [0.1, 0.15) is 5.75 Å². The standard InChI is InChI=1S/C22H26N2O4S/c1-4-28-19-9-7-18(8-10-19)24-21-14-29(26,27)13-20(21)23(22(24)25)12-17-11-15(2)5-6-16(17)3/h5-11,20-21H,4,12-14H2,1-3H3/t20-,21-/m1/s1. The van der Waals surface area contributed by atoms with Gasteiger partial charge in [0.05, 0.1) is 30.2 Å². The van der Waals surface area contributed by atoms with Gasteiger partial charge in [-0.15, -0.1) is 0 Å². The number of hydrogen-bond acceptors (Lipinski definition) is 4. The maximum absolute atomic E-state index is 13.4. The highest BCUT2D eigenvalue weighted by Gasteiger charge is 2.53. The van der Waals surface area contributed by atoms with Crippen LogP contribution in [0.1, 0.15) is 23.6 Å². The summed E-state index contributed by atoms with van der Waals surface area (Å²) < 4.78 is 30.3. The maximum atomic E-state index is 13.4. The van der Waals surface area contributed by atoms with E-state index in [9.17, 15) is 13.2 Å². The fourth-order valence-electron chi connectivity index (χ4n) is 4.29. The van der Waals surface area contributed by atoms with Gasteiger partial charge in [-0.3, -0.25) is 4.90 Å². The van der Waals surface area contributed by atoms with Crippen LogP contribution < -0.4 is 9.64 Å². The maximum Gasteiger partial charge on any atom is 0.325 e. The highest BCUT2D eigenvalue weighted by atomic mass is 32.2. The van der Waals surface area contributed by atoms with E-state index in [1.807, 2.05) is 57.2 Å². The number of nitrogens with zero attached hydrogens (tertiary/aromatic N) is 2. The van der Waals surface area contributed by atoms with Gasteiger partial charge in [-0.2, -0.15) is 0 Å². The van der Waals surface area contributed by atoms with E-state index in [0.29, 0.717) is 18.8 Å². The molecule has 2 aliphatic heterocycles. The third-order valence-corrected chi connectivity index (χ3v) is 7.45. The van der Waals surface area contributed by atoms with E-state index >= 15 is 0 Å². The number of ether oxygens (including phenoxy) is 1. The summed E-state index contributed by atoms with van der Waals surface area (Å²) in [5.74, 6) is 0.743. The largest absolute Gasteiger partial charge is 0.494 e. The minimum absolute atomic E-state index is 0.0000816. The zero-order valence-corrected chi connectivity index (χ0v) is 17.8. The second kappa shape index (κ2) is 7.37. The van der Waals surface area contributed by atoms with Gasteiger partial charge in [-0.25, -0.2) is 13.2 Å². The van der Waals surface area contributed by atoms with Gasteiger partial charge in [0.2, 0.25) is 0 Å². The Morgan fingerprint density at radius 3 is 2.41 bits per heavy atom. The van der Waals surface area contributed by atoms with Crippen LogP contribution in [0.3, 0.4) is 0 Å². The quantitative estimate of drug-likeness (QED) is 0.704. The second-order valence-corrected chi connectivity index (χ2v) is 10.0. The number of urea groups is 1. The van der Waals surface area contributed by atoms with E-state index in [1.165, 1.54) is 0 Å². The molecule has 2 heterocycles. The van der Waals surface area contributed by atoms with Crippen molar-refractivity contribution in [2.45, 2.75) is 39.4 Å². The van der Waals surface area contributed by atoms with Crippen molar-refractivity contribution >= 4 is 21.6 Å². The van der Waals surface area contributed by atoms with E-state index in [4.69, 9.17) is 4.74 Å². The summed E-state index contributed by atoms with van der Waals surface area (Å²) in [5, 5.41) is 0. The Bertz CT molecular complexity index is 1030. The van der Waals surface area contributed by atoms with Crippen molar-refractivity contribution in [3.63, 3.8) is 0 Å². The average Bonchev–Trinajstić information content (AvgIpc) is 3.10. The minimum Gasteiger partial charge on any atom is -0.494 e. The summed E-state index contributed by atoms with van der Waals surface area (Å²) in [7, 11) is -3.19. The smallest absolute Gasteiger partial charge is 0.325 e. The van der Waals surface area contributed by atoms with Crippen LogP contribution in [0.4, 0.5) is 10.5 Å². The SMILES string of the molecule is CCOc1ccc(N2C(=O)N(Cc3cc(C)ccc3C)[C@@H]3CS(=O)(=O)C[C@H]32)cc1. The Hall–Kier alpha value is -2.54. The molecule has 0 radical (unpaired) electrons. The van der Waals surface area contributed by atoms with Gasteiger partial charge in [0, 0.05) is 12.2 Å². The first kappa shape index (κ1) is 19.8. The summed E-state index contributed by atoms with van der Waals surface area (Å²) in [6.45, 7) is 6.92. The fourth-order valence-corrected chi connectivity index (χ4v) is 6.24. The van der Waals surface area contributed by atoms with Gasteiger partial charge in [0.15, 0.2) is 9.84 Å². The topological polar surface area (TPSA) is 66.9 Å². The zero-order valence-electron chi connectivity index (χ0n) is 17.0. The molecule has 0 aliphatic carbocycles. The number of carbonyl (C=O) groups is 1. The highest BCUT2D eigenvalue weighted by Crippen LogP contribution is 2.36. The molecule has 2 fully saturated rings. The number of fused-ring (bicyclic) bond motifs is 1. The molecular weight excluding hydrogens is 388 g/mol. The van der Waals surface area contributed by atoms with Crippen molar-refractivity contribution in [1.82, 2.24) is 4.90 Å². The number of amides is 2. The van der Waals surface area contributed by atoms with Gasteiger partial charge in [-0.1, -0.05) is 23.8 Å². The third-order valence-electron chi connectivity index (χ3n) is 5.75. The lowest BCUT2D eigenvalue weighted by atomic mass is 10.0. The van der Waals surface area contributed by atoms with E-state index in [-0.39, 0.29) is 29.6 Å². The van der Waals surface area contributed by atoms with E-state index in [1.54, 1.807) is 9.80 Å². The van der Waals surface area contributed by atoms with Gasteiger partial charge < -0.3 is 9.64 Å². The molecule has 2 saturated heterocycles. The van der Waals surface area contributed by atoms with Crippen LogP contribution in [0.5, 0.6) is 5.75 Å². The molecule has 2 aliphatic rings. The molecule has 2 aromatic carbocycles. The molecule has 0 unspecified atom stereocenters. The Morgan fingerprint density at radius 2 is 1.72 bits per heavy atom. The molecule has 4 rings (SSSR count). The van der Waals surface area contributed by atoms with Crippen molar-refractivity contribution in [3.05, 3.63) is 59.2 Å². The third kappa shape index (κ3) is 3.71. The van der Waals surface area contributed by atoms with Crippen molar-refractivity contribution in [2.24, 2.45) is 0 Å². The number of sulfone groups is 1. The van der Waals surface area contributed by atoms with Crippen LogP contribution in [0, 0.1) is 13.8 Å². The molecule has 0 N–H and O–H groups in total. The Labute approximate surface area is 172 Å². The van der Waals surface area contributed by atoms with E-state index < -0.39 is 9.84 Å². The number of hydrogen-bond donors (Lipinski definition) is 0. The van der Waals surface area contributed by atoms with Gasteiger partial charge >= 0.3 is 6.03 Å². The lowest BCUT2D eigenvalue weighted by molar-refractivity contribution is 0.205. The van der Waals surface area contributed by atoms with E-state index in [2.05, 4.69) is 6.07 Å². The van der Waals surface area contributed by atoms with Crippen molar-refractivity contribution in [1.29, 1.82) is 0 Å². The zero-order chi connectivity index (χ0) is 20.8. The molecular formula is C22H26N2O4S. The van der Waals surface area contributed by atoms with Gasteiger partial charge in [0.25, 0.3) is 0 Å². The van der Waals surface area contributed by atoms with Crippen LogP contribution in [-0.4, -0.2) is 49.5 Å². The molecule has 0 aromatic heterocycles. The lowest BCUT2D eigenvalue weighted by Gasteiger charge is -2.23. The molecule has 2 amide bonds. The molecule has 7 heteroatoms. The minimum atomic E-state index is -3.19. The van der Waals surface area contributed by atoms with Crippen LogP contribution in [0.15, 0.2) is 42.5 Å². The molecule has 29 heavy (non-hydrogen) atoms. The number of aryl methyl sites for hydroxylation is 2. The first-order valence-electron chi connectivity index (χ1n) is 9.88. The first-order chi connectivity index (χ1) is 13.8. The molecule has 0 bridgehead atoms. The average molecular weight is 415 g/mol. The van der Waals surface area contributed by atoms with Crippen LogP contribution >= 0.6 is 0 Å². The highest BCUT2D eigenvalue weighted by molar-refractivity contribution is 7.91. The number of carbonyl (C=O) groups excluding carboxylic acids is 1. The molecule has 0 saturated carbocycles.